The maximum atomic E-state index is 12.4. The Kier molecular flexibility index (Phi) is 8.48. The van der Waals surface area contributed by atoms with Gasteiger partial charge in [-0.15, -0.1) is 0 Å². The number of nitrogens with two attached hydrogens (primary N) is 1. The largest absolute Gasteiger partial charge is 0.508 e. The molecular formula is C23H33N3O2. The first-order valence-electron chi connectivity index (χ1n) is 9.96. The number of aromatic hydroxyl groups is 1. The van der Waals surface area contributed by atoms with E-state index in [1.54, 1.807) is 12.1 Å². The summed E-state index contributed by atoms with van der Waals surface area (Å²) < 4.78 is 0. The van der Waals surface area contributed by atoms with Crippen molar-refractivity contribution in [3.05, 3.63) is 64.7 Å². The lowest BCUT2D eigenvalue weighted by atomic mass is 9.96. The van der Waals surface area contributed by atoms with Crippen molar-refractivity contribution in [1.29, 1.82) is 0 Å². The zero-order chi connectivity index (χ0) is 20.5. The van der Waals surface area contributed by atoms with Gasteiger partial charge in [0, 0.05) is 12.6 Å². The average molecular weight is 384 g/mol. The van der Waals surface area contributed by atoms with E-state index in [1.807, 2.05) is 26.8 Å². The molecule has 0 unspecified atom stereocenters. The molecule has 2 rings (SSSR count). The molecule has 0 aliphatic heterocycles. The van der Waals surface area contributed by atoms with Crippen LogP contribution in [0.2, 0.25) is 0 Å². The predicted molar refractivity (Wildman–Crippen MR) is 114 cm³/mol. The third kappa shape index (κ3) is 6.98. The van der Waals surface area contributed by atoms with Crippen molar-refractivity contribution >= 4 is 5.91 Å². The van der Waals surface area contributed by atoms with Gasteiger partial charge in [-0.2, -0.15) is 0 Å². The molecule has 1 amide bonds. The van der Waals surface area contributed by atoms with Gasteiger partial charge >= 0.3 is 0 Å². The van der Waals surface area contributed by atoms with Gasteiger partial charge in [-0.05, 0) is 81.0 Å². The topological polar surface area (TPSA) is 87.4 Å². The van der Waals surface area contributed by atoms with Gasteiger partial charge < -0.3 is 21.5 Å². The SMILES string of the molecule is Cc1cc(O)cc(C)c1C[C@H](N)C(=O)N[C@H](C)CNCCCc1ccccc1. The lowest BCUT2D eigenvalue weighted by Crippen LogP contribution is -2.48. The van der Waals surface area contributed by atoms with Gasteiger partial charge in [0.2, 0.25) is 5.91 Å². The van der Waals surface area contributed by atoms with Crippen molar-refractivity contribution in [2.24, 2.45) is 5.73 Å². The highest BCUT2D eigenvalue weighted by Crippen LogP contribution is 2.21. The standard InChI is InChI=1S/C23H33N3O2/c1-16-12-20(27)13-17(2)21(16)14-22(24)23(28)26-18(3)15-25-11-7-10-19-8-5-4-6-9-19/h4-6,8-9,12-13,18,22,25,27H,7,10-11,14-15,24H2,1-3H3,(H,26,28)/t18-,22+/m1/s1. The zero-order valence-electron chi connectivity index (χ0n) is 17.2. The molecule has 0 saturated heterocycles. The van der Waals surface area contributed by atoms with Crippen LogP contribution in [0.5, 0.6) is 5.75 Å². The summed E-state index contributed by atoms with van der Waals surface area (Å²) in [5.74, 6) is 0.0918. The van der Waals surface area contributed by atoms with Crippen molar-refractivity contribution in [3.8, 4) is 5.75 Å². The highest BCUT2D eigenvalue weighted by atomic mass is 16.3. The minimum Gasteiger partial charge on any atom is -0.508 e. The van der Waals surface area contributed by atoms with E-state index in [0.717, 1.165) is 36.1 Å². The second-order valence-electron chi connectivity index (χ2n) is 7.57. The van der Waals surface area contributed by atoms with Crippen molar-refractivity contribution in [2.45, 2.75) is 52.1 Å². The summed E-state index contributed by atoms with van der Waals surface area (Å²) in [6.45, 7) is 7.45. The smallest absolute Gasteiger partial charge is 0.237 e. The highest BCUT2D eigenvalue weighted by Gasteiger charge is 2.18. The molecule has 0 aliphatic carbocycles. The molecular weight excluding hydrogens is 350 g/mol. The third-order valence-electron chi connectivity index (χ3n) is 4.94. The zero-order valence-corrected chi connectivity index (χ0v) is 17.2. The van der Waals surface area contributed by atoms with Crippen LogP contribution in [0.25, 0.3) is 0 Å². The van der Waals surface area contributed by atoms with E-state index in [1.165, 1.54) is 5.56 Å². The summed E-state index contributed by atoms with van der Waals surface area (Å²) in [4.78, 5) is 12.4. The first-order valence-corrected chi connectivity index (χ1v) is 9.96. The Morgan fingerprint density at radius 3 is 2.43 bits per heavy atom. The van der Waals surface area contributed by atoms with Crippen LogP contribution >= 0.6 is 0 Å². The Morgan fingerprint density at radius 2 is 1.79 bits per heavy atom. The molecule has 0 radical (unpaired) electrons. The summed E-state index contributed by atoms with van der Waals surface area (Å²) in [6.07, 6.45) is 2.56. The van der Waals surface area contributed by atoms with Gasteiger partial charge in [-0.25, -0.2) is 0 Å². The molecule has 0 fully saturated rings. The summed E-state index contributed by atoms with van der Waals surface area (Å²) in [7, 11) is 0. The van der Waals surface area contributed by atoms with Crippen LogP contribution in [0.4, 0.5) is 0 Å². The normalized spacial score (nSPS) is 13.1. The number of nitrogens with one attached hydrogen (secondary N) is 2. The molecule has 2 aromatic rings. The Balaban J connectivity index is 1.70. The molecule has 0 heterocycles. The molecule has 0 bridgehead atoms. The fourth-order valence-corrected chi connectivity index (χ4v) is 3.39. The van der Waals surface area contributed by atoms with Crippen molar-refractivity contribution in [1.82, 2.24) is 10.6 Å². The molecule has 2 atom stereocenters. The fourth-order valence-electron chi connectivity index (χ4n) is 3.39. The number of phenols is 1. The minimum absolute atomic E-state index is 0.0114. The number of hydrogen-bond donors (Lipinski definition) is 4. The first-order chi connectivity index (χ1) is 13.4. The first kappa shape index (κ1) is 21.9. The molecule has 152 valence electrons. The van der Waals surface area contributed by atoms with Gasteiger partial charge in [0.15, 0.2) is 0 Å². The van der Waals surface area contributed by atoms with Crippen LogP contribution in [-0.2, 0) is 17.6 Å². The monoisotopic (exact) mass is 383 g/mol. The van der Waals surface area contributed by atoms with Crippen molar-refractivity contribution < 1.29 is 9.90 Å². The number of phenolic OH excluding ortho intramolecular Hbond substituents is 1. The Labute approximate surface area is 168 Å². The summed E-state index contributed by atoms with van der Waals surface area (Å²) in [5.41, 5.74) is 10.4. The lowest BCUT2D eigenvalue weighted by Gasteiger charge is -2.19. The second kappa shape index (κ2) is 10.8. The highest BCUT2D eigenvalue weighted by molar-refractivity contribution is 5.82. The molecule has 0 aliphatic rings. The number of benzene rings is 2. The van der Waals surface area contributed by atoms with Gasteiger partial charge in [-0.3, -0.25) is 4.79 Å². The Bertz CT molecular complexity index is 739. The maximum absolute atomic E-state index is 12.4. The van der Waals surface area contributed by atoms with Gasteiger partial charge in [0.25, 0.3) is 0 Å². The lowest BCUT2D eigenvalue weighted by molar-refractivity contribution is -0.122. The van der Waals surface area contributed by atoms with Crippen LogP contribution in [0.1, 0.15) is 35.6 Å². The summed E-state index contributed by atoms with van der Waals surface area (Å²) >= 11 is 0. The number of amides is 1. The molecule has 28 heavy (non-hydrogen) atoms. The van der Waals surface area contributed by atoms with E-state index >= 15 is 0 Å². The second-order valence-corrected chi connectivity index (χ2v) is 7.57. The van der Waals surface area contributed by atoms with Gasteiger partial charge in [0.1, 0.15) is 5.75 Å². The van der Waals surface area contributed by atoms with Gasteiger partial charge in [-0.1, -0.05) is 30.3 Å². The van der Waals surface area contributed by atoms with E-state index in [2.05, 4.69) is 34.9 Å². The molecule has 5 nitrogen and oxygen atoms in total. The summed E-state index contributed by atoms with van der Waals surface area (Å²) in [6, 6.07) is 13.2. The molecule has 0 spiro atoms. The van der Waals surface area contributed by atoms with Crippen LogP contribution in [-0.4, -0.2) is 36.2 Å². The molecule has 5 heteroatoms. The van der Waals surface area contributed by atoms with Crippen molar-refractivity contribution in [3.63, 3.8) is 0 Å². The quantitative estimate of drug-likeness (QED) is 0.475. The number of carbonyl (C=O) groups excluding carboxylic acids is 1. The molecule has 0 aromatic heterocycles. The van der Waals surface area contributed by atoms with Crippen LogP contribution < -0.4 is 16.4 Å². The Hall–Kier alpha value is -2.37. The third-order valence-corrected chi connectivity index (χ3v) is 4.94. The summed E-state index contributed by atoms with van der Waals surface area (Å²) in [5, 5.41) is 16.0. The maximum Gasteiger partial charge on any atom is 0.237 e. The number of aryl methyl sites for hydroxylation is 3. The van der Waals surface area contributed by atoms with E-state index in [4.69, 9.17) is 5.73 Å². The van der Waals surface area contributed by atoms with E-state index < -0.39 is 6.04 Å². The fraction of sp³-hybridized carbons (Fsp3) is 0.435. The van der Waals surface area contributed by atoms with Crippen LogP contribution in [0, 0.1) is 13.8 Å². The molecule has 2 aromatic carbocycles. The average Bonchev–Trinajstić information content (AvgIpc) is 2.65. The number of hydrogen-bond acceptors (Lipinski definition) is 4. The molecule has 0 saturated carbocycles. The van der Waals surface area contributed by atoms with E-state index in [9.17, 15) is 9.90 Å². The van der Waals surface area contributed by atoms with E-state index in [0.29, 0.717) is 13.0 Å². The van der Waals surface area contributed by atoms with E-state index in [-0.39, 0.29) is 17.7 Å². The number of rotatable bonds is 10. The number of carbonyl (C=O) groups is 1. The van der Waals surface area contributed by atoms with Crippen LogP contribution in [0.3, 0.4) is 0 Å². The Morgan fingerprint density at radius 1 is 1.14 bits per heavy atom. The van der Waals surface area contributed by atoms with Crippen molar-refractivity contribution in [2.75, 3.05) is 13.1 Å². The predicted octanol–water partition coefficient (Wildman–Crippen LogP) is 2.61. The van der Waals surface area contributed by atoms with Gasteiger partial charge in [0.05, 0.1) is 6.04 Å². The molecule has 5 N–H and O–H groups in total. The van der Waals surface area contributed by atoms with Crippen LogP contribution in [0.15, 0.2) is 42.5 Å². The minimum atomic E-state index is -0.609.